The number of fused-ring (bicyclic) bond motifs is 1. The first-order chi connectivity index (χ1) is 15.1. The molecule has 2 unspecified atom stereocenters. The van der Waals surface area contributed by atoms with Crippen LogP contribution in [0.25, 0.3) is 11.0 Å². The van der Waals surface area contributed by atoms with Gasteiger partial charge < -0.3 is 15.2 Å². The van der Waals surface area contributed by atoms with Crippen molar-refractivity contribution in [3.05, 3.63) is 69.6 Å². The van der Waals surface area contributed by atoms with E-state index in [2.05, 4.69) is 27.3 Å². The van der Waals surface area contributed by atoms with Crippen LogP contribution >= 0.6 is 11.6 Å². The van der Waals surface area contributed by atoms with E-state index >= 15 is 0 Å². The van der Waals surface area contributed by atoms with Gasteiger partial charge in [0.05, 0.1) is 11.0 Å². The number of amides is 1. The fourth-order valence-electron chi connectivity index (χ4n) is 4.89. The van der Waals surface area contributed by atoms with Gasteiger partial charge in [0.2, 0.25) is 5.91 Å². The monoisotopic (exact) mass is 438 g/mol. The van der Waals surface area contributed by atoms with Crippen LogP contribution in [0.5, 0.6) is 0 Å². The van der Waals surface area contributed by atoms with Gasteiger partial charge in [-0.15, -0.1) is 0 Å². The molecule has 2 N–H and O–H groups in total. The Hall–Kier alpha value is -2.57. The number of hydrogen-bond donors (Lipinski definition) is 2. The lowest BCUT2D eigenvalue weighted by Gasteiger charge is -2.32. The van der Waals surface area contributed by atoms with Crippen molar-refractivity contribution < 1.29 is 4.79 Å². The quantitative estimate of drug-likeness (QED) is 0.618. The van der Waals surface area contributed by atoms with Crippen molar-refractivity contribution in [1.82, 2.24) is 19.8 Å². The number of H-pyrrole nitrogens is 1. The topological polar surface area (TPSA) is 70.1 Å². The van der Waals surface area contributed by atoms with Crippen LogP contribution < -0.4 is 11.0 Å². The standard InChI is InChI=1S/C24H27ClN4O2/c25-17-6-7-22-21(14-17)27-24(31)29(22)18-8-11-28(12-9-18)13-10-26-23(30)20-15-19(20)16-4-2-1-3-5-16/h1-7,14,18-20H,8-13,15H2,(H,26,30)(H,27,31). The minimum atomic E-state index is -0.0691. The fourth-order valence-corrected chi connectivity index (χ4v) is 5.06. The Labute approximate surface area is 186 Å². The van der Waals surface area contributed by atoms with Crippen molar-refractivity contribution in [2.24, 2.45) is 5.92 Å². The van der Waals surface area contributed by atoms with Gasteiger partial charge in [0, 0.05) is 43.2 Å². The molecule has 5 rings (SSSR count). The Morgan fingerprint density at radius 2 is 1.90 bits per heavy atom. The summed E-state index contributed by atoms with van der Waals surface area (Å²) < 4.78 is 1.88. The first kappa shape index (κ1) is 20.3. The van der Waals surface area contributed by atoms with E-state index < -0.39 is 0 Å². The van der Waals surface area contributed by atoms with Gasteiger partial charge in [-0.3, -0.25) is 9.36 Å². The maximum absolute atomic E-state index is 12.5. The van der Waals surface area contributed by atoms with E-state index in [1.54, 1.807) is 6.07 Å². The van der Waals surface area contributed by atoms with E-state index in [1.807, 2.05) is 34.9 Å². The van der Waals surface area contributed by atoms with Crippen LogP contribution in [0.4, 0.5) is 0 Å². The molecule has 2 aromatic carbocycles. The van der Waals surface area contributed by atoms with Gasteiger partial charge in [-0.05, 0) is 48.9 Å². The van der Waals surface area contributed by atoms with Crippen LogP contribution in [-0.2, 0) is 4.79 Å². The summed E-state index contributed by atoms with van der Waals surface area (Å²) in [7, 11) is 0. The highest BCUT2D eigenvalue weighted by molar-refractivity contribution is 6.31. The number of benzene rings is 2. The number of halogens is 1. The number of carbonyl (C=O) groups excluding carboxylic acids is 1. The summed E-state index contributed by atoms with van der Waals surface area (Å²) in [5.74, 6) is 0.671. The van der Waals surface area contributed by atoms with Gasteiger partial charge >= 0.3 is 5.69 Å². The number of carbonyl (C=O) groups is 1. The molecule has 1 amide bonds. The Morgan fingerprint density at radius 1 is 1.13 bits per heavy atom. The molecule has 1 aliphatic heterocycles. The van der Waals surface area contributed by atoms with E-state index in [9.17, 15) is 9.59 Å². The second-order valence-electron chi connectivity index (χ2n) is 8.68. The second-order valence-corrected chi connectivity index (χ2v) is 9.12. The summed E-state index contributed by atoms with van der Waals surface area (Å²) in [5, 5.41) is 3.74. The van der Waals surface area contributed by atoms with Crippen LogP contribution in [0.15, 0.2) is 53.3 Å². The van der Waals surface area contributed by atoms with Gasteiger partial charge in [-0.1, -0.05) is 41.9 Å². The van der Waals surface area contributed by atoms with Crippen molar-refractivity contribution in [2.75, 3.05) is 26.2 Å². The number of aromatic nitrogens is 2. The van der Waals surface area contributed by atoms with E-state index in [1.165, 1.54) is 5.56 Å². The van der Waals surface area contributed by atoms with Gasteiger partial charge in [-0.25, -0.2) is 4.79 Å². The summed E-state index contributed by atoms with van der Waals surface area (Å²) in [5.41, 5.74) is 2.90. The lowest BCUT2D eigenvalue weighted by atomic mass is 10.0. The van der Waals surface area contributed by atoms with Gasteiger partial charge in [0.1, 0.15) is 0 Å². The zero-order valence-electron chi connectivity index (χ0n) is 17.4. The molecule has 31 heavy (non-hydrogen) atoms. The van der Waals surface area contributed by atoms with Crippen LogP contribution in [0.2, 0.25) is 5.02 Å². The van der Waals surface area contributed by atoms with Crippen LogP contribution in [0.3, 0.4) is 0 Å². The minimum absolute atomic E-state index is 0.0691. The number of aromatic amines is 1. The van der Waals surface area contributed by atoms with Gasteiger partial charge in [-0.2, -0.15) is 0 Å². The number of nitrogens with zero attached hydrogens (tertiary/aromatic N) is 2. The molecule has 7 heteroatoms. The number of likely N-dealkylation sites (tertiary alicyclic amines) is 1. The third kappa shape index (κ3) is 4.27. The highest BCUT2D eigenvalue weighted by atomic mass is 35.5. The lowest BCUT2D eigenvalue weighted by molar-refractivity contribution is -0.122. The Morgan fingerprint density at radius 3 is 2.68 bits per heavy atom. The van der Waals surface area contributed by atoms with Crippen LogP contribution in [0, 0.1) is 5.92 Å². The molecule has 2 fully saturated rings. The molecule has 1 aromatic heterocycles. The molecule has 2 atom stereocenters. The third-order valence-electron chi connectivity index (χ3n) is 6.68. The molecule has 0 radical (unpaired) electrons. The largest absolute Gasteiger partial charge is 0.355 e. The first-order valence-electron chi connectivity index (χ1n) is 11.0. The Balaban J connectivity index is 1.09. The van der Waals surface area contributed by atoms with E-state index in [4.69, 9.17) is 11.6 Å². The highest BCUT2D eigenvalue weighted by Crippen LogP contribution is 2.47. The fraction of sp³-hybridized carbons (Fsp3) is 0.417. The number of rotatable bonds is 6. The summed E-state index contributed by atoms with van der Waals surface area (Å²) in [4.78, 5) is 30.2. The molecule has 0 bridgehead atoms. The van der Waals surface area contributed by atoms with Crippen LogP contribution in [0.1, 0.15) is 36.8 Å². The average Bonchev–Trinajstić information content (AvgIpc) is 3.52. The SMILES string of the molecule is O=C(NCCN1CCC(n2c(=O)[nH]c3cc(Cl)ccc32)CC1)C1CC1c1ccccc1. The average molecular weight is 439 g/mol. The van der Waals surface area contributed by atoms with E-state index in [-0.39, 0.29) is 23.6 Å². The Bertz CT molecular complexity index is 1130. The Kier molecular flexibility index (Phi) is 5.59. The predicted octanol–water partition coefficient (Wildman–Crippen LogP) is 3.54. The number of hydrogen-bond acceptors (Lipinski definition) is 3. The van der Waals surface area contributed by atoms with E-state index in [0.717, 1.165) is 49.9 Å². The zero-order valence-corrected chi connectivity index (χ0v) is 18.1. The van der Waals surface area contributed by atoms with Crippen molar-refractivity contribution in [1.29, 1.82) is 0 Å². The molecule has 1 saturated carbocycles. The van der Waals surface area contributed by atoms with Crippen molar-refractivity contribution >= 4 is 28.5 Å². The van der Waals surface area contributed by atoms with Gasteiger partial charge in [0.15, 0.2) is 0 Å². The first-order valence-corrected chi connectivity index (χ1v) is 11.4. The normalized spacial score (nSPS) is 22.0. The molecule has 3 aromatic rings. The molecular weight excluding hydrogens is 412 g/mol. The highest BCUT2D eigenvalue weighted by Gasteiger charge is 2.43. The molecule has 2 heterocycles. The maximum Gasteiger partial charge on any atom is 0.326 e. The summed E-state index contributed by atoms with van der Waals surface area (Å²) >= 11 is 6.05. The molecule has 1 aliphatic carbocycles. The molecule has 1 saturated heterocycles. The van der Waals surface area contributed by atoms with Crippen molar-refractivity contribution in [3.8, 4) is 0 Å². The molecular formula is C24H27ClN4O2. The molecule has 2 aliphatic rings. The number of imidazole rings is 1. The maximum atomic E-state index is 12.5. The van der Waals surface area contributed by atoms with E-state index in [0.29, 0.717) is 17.5 Å². The number of nitrogens with one attached hydrogen (secondary N) is 2. The zero-order chi connectivity index (χ0) is 21.4. The van der Waals surface area contributed by atoms with Gasteiger partial charge in [0.25, 0.3) is 0 Å². The lowest BCUT2D eigenvalue weighted by Crippen LogP contribution is -2.41. The molecule has 162 valence electrons. The van der Waals surface area contributed by atoms with Crippen molar-refractivity contribution in [2.45, 2.75) is 31.2 Å². The molecule has 0 spiro atoms. The third-order valence-corrected chi connectivity index (χ3v) is 6.92. The minimum Gasteiger partial charge on any atom is -0.355 e. The second kappa shape index (κ2) is 8.52. The smallest absolute Gasteiger partial charge is 0.326 e. The summed E-state index contributed by atoms with van der Waals surface area (Å²) in [6.07, 6.45) is 2.79. The van der Waals surface area contributed by atoms with Crippen LogP contribution in [-0.4, -0.2) is 46.5 Å². The summed E-state index contributed by atoms with van der Waals surface area (Å²) in [6, 6.07) is 16.0. The summed E-state index contributed by atoms with van der Waals surface area (Å²) in [6.45, 7) is 3.36. The predicted molar refractivity (Wildman–Crippen MR) is 123 cm³/mol. The number of piperidine rings is 1. The molecule has 6 nitrogen and oxygen atoms in total. The van der Waals surface area contributed by atoms with Crippen molar-refractivity contribution in [3.63, 3.8) is 0 Å².